The number of nitrogens with zero attached hydrogens (tertiary/aromatic N) is 6. The van der Waals surface area contributed by atoms with E-state index in [1.54, 1.807) is 4.90 Å². The highest BCUT2D eigenvalue weighted by Crippen LogP contribution is 2.55. The van der Waals surface area contributed by atoms with Gasteiger partial charge in [-0.25, -0.2) is 9.78 Å². The first-order chi connectivity index (χ1) is 16.2. The van der Waals surface area contributed by atoms with Crippen molar-refractivity contribution >= 4 is 11.7 Å². The number of carbonyl (C=O) groups is 1. The van der Waals surface area contributed by atoms with Crippen LogP contribution in [0.5, 0.6) is 0 Å². The first-order valence-corrected chi connectivity index (χ1v) is 11.0. The van der Waals surface area contributed by atoms with Crippen molar-refractivity contribution in [1.29, 1.82) is 0 Å². The number of hydrogen-bond donors (Lipinski definition) is 1. The average molecular weight is 473 g/mol. The second-order valence-electron chi connectivity index (χ2n) is 8.81. The zero-order valence-corrected chi connectivity index (χ0v) is 18.5. The number of anilines is 1. The van der Waals surface area contributed by atoms with Crippen LogP contribution in [0.4, 0.5) is 23.7 Å². The van der Waals surface area contributed by atoms with Gasteiger partial charge in [0.2, 0.25) is 11.8 Å². The van der Waals surface area contributed by atoms with Crippen molar-refractivity contribution in [3.8, 4) is 11.4 Å². The standard InChI is InChI=1S/C22H22F3N7O2/c1-3-17-29-31-19(34-17)21-10-12(2)8-14(11-21)32(21)20(33)28-13-4-5-16(22(23,24)25)15(9-13)18-26-6-7-27-30-18/h4-7,9,12,14H,3,8,10-11H2,1-2H3,(H,28,33)/t12-,14+,21-/m0/s1. The van der Waals surface area contributed by atoms with Crippen molar-refractivity contribution in [3.63, 3.8) is 0 Å². The van der Waals surface area contributed by atoms with Crippen LogP contribution in [0.2, 0.25) is 0 Å². The molecule has 1 aliphatic carbocycles. The predicted molar refractivity (Wildman–Crippen MR) is 113 cm³/mol. The van der Waals surface area contributed by atoms with Crippen molar-refractivity contribution in [2.45, 2.75) is 57.3 Å². The van der Waals surface area contributed by atoms with E-state index in [1.807, 2.05) is 6.92 Å². The molecule has 2 bridgehead atoms. The van der Waals surface area contributed by atoms with Crippen molar-refractivity contribution in [2.75, 3.05) is 5.32 Å². The molecule has 178 valence electrons. The van der Waals surface area contributed by atoms with Gasteiger partial charge < -0.3 is 14.6 Å². The topological polar surface area (TPSA) is 110 Å². The van der Waals surface area contributed by atoms with Crippen LogP contribution in [0.1, 0.15) is 50.5 Å². The quantitative estimate of drug-likeness (QED) is 0.597. The molecule has 3 heterocycles. The van der Waals surface area contributed by atoms with E-state index in [-0.39, 0.29) is 23.1 Å². The summed E-state index contributed by atoms with van der Waals surface area (Å²) in [5.41, 5.74) is -1.71. The third-order valence-corrected chi connectivity index (χ3v) is 6.45. The highest BCUT2D eigenvalue weighted by atomic mass is 19.4. The summed E-state index contributed by atoms with van der Waals surface area (Å²) in [7, 11) is 0. The van der Waals surface area contributed by atoms with Gasteiger partial charge in [0.1, 0.15) is 5.54 Å². The summed E-state index contributed by atoms with van der Waals surface area (Å²) < 4.78 is 46.6. The van der Waals surface area contributed by atoms with Crippen LogP contribution in [0.25, 0.3) is 11.4 Å². The van der Waals surface area contributed by atoms with Gasteiger partial charge in [0.05, 0.1) is 11.8 Å². The number of fused-ring (bicyclic) bond motifs is 2. The third kappa shape index (κ3) is 3.66. The molecule has 1 aromatic carbocycles. The molecule has 2 amide bonds. The van der Waals surface area contributed by atoms with E-state index in [4.69, 9.17) is 4.42 Å². The molecule has 2 aromatic heterocycles. The van der Waals surface area contributed by atoms with E-state index in [0.29, 0.717) is 37.0 Å². The lowest BCUT2D eigenvalue weighted by Crippen LogP contribution is -2.70. The van der Waals surface area contributed by atoms with Crippen molar-refractivity contribution < 1.29 is 22.4 Å². The molecule has 0 radical (unpaired) electrons. The fourth-order valence-corrected chi connectivity index (χ4v) is 5.14. The first-order valence-electron chi connectivity index (χ1n) is 11.0. The molecular weight excluding hydrogens is 451 g/mol. The van der Waals surface area contributed by atoms with Crippen LogP contribution in [-0.2, 0) is 18.1 Å². The highest BCUT2D eigenvalue weighted by Gasteiger charge is 2.62. The number of nitrogens with one attached hydrogen (secondary N) is 1. The Morgan fingerprint density at radius 2 is 2.06 bits per heavy atom. The first kappa shape index (κ1) is 22.2. The van der Waals surface area contributed by atoms with Gasteiger partial charge in [-0.1, -0.05) is 13.8 Å². The van der Waals surface area contributed by atoms with Gasteiger partial charge in [-0.2, -0.15) is 18.3 Å². The maximum absolute atomic E-state index is 13.6. The lowest BCUT2D eigenvalue weighted by Gasteiger charge is -2.61. The maximum Gasteiger partial charge on any atom is 0.417 e. The van der Waals surface area contributed by atoms with Crippen LogP contribution < -0.4 is 5.32 Å². The zero-order chi connectivity index (χ0) is 24.1. The molecule has 1 N–H and O–H groups in total. The van der Waals surface area contributed by atoms with Gasteiger partial charge in [0.15, 0.2) is 5.82 Å². The molecule has 12 heteroatoms. The minimum absolute atomic E-state index is 0.0173. The number of amides is 2. The second-order valence-corrected chi connectivity index (χ2v) is 8.81. The van der Waals surface area contributed by atoms with Crippen molar-refractivity contribution in [1.82, 2.24) is 30.3 Å². The van der Waals surface area contributed by atoms with Gasteiger partial charge in [-0.15, -0.1) is 15.3 Å². The van der Waals surface area contributed by atoms with Crippen LogP contribution in [-0.4, -0.2) is 42.4 Å². The Bertz CT molecular complexity index is 1220. The number of aryl methyl sites for hydroxylation is 1. The molecule has 5 rings (SSSR count). The summed E-state index contributed by atoms with van der Waals surface area (Å²) in [5.74, 6) is 1.07. The monoisotopic (exact) mass is 473 g/mol. The van der Waals surface area contributed by atoms with Crippen LogP contribution in [0, 0.1) is 5.92 Å². The molecule has 1 saturated carbocycles. The molecule has 0 spiro atoms. The van der Waals surface area contributed by atoms with Crippen LogP contribution >= 0.6 is 0 Å². The summed E-state index contributed by atoms with van der Waals surface area (Å²) >= 11 is 0. The zero-order valence-electron chi connectivity index (χ0n) is 18.5. The summed E-state index contributed by atoms with van der Waals surface area (Å²) in [6.07, 6.45) is 0.690. The Balaban J connectivity index is 1.46. The van der Waals surface area contributed by atoms with E-state index in [2.05, 4.69) is 37.6 Å². The fourth-order valence-electron chi connectivity index (χ4n) is 5.14. The molecular formula is C22H22F3N7O2. The lowest BCUT2D eigenvalue weighted by molar-refractivity contribution is -0.137. The lowest BCUT2D eigenvalue weighted by atomic mass is 9.64. The Morgan fingerprint density at radius 1 is 1.24 bits per heavy atom. The van der Waals surface area contributed by atoms with E-state index in [9.17, 15) is 18.0 Å². The summed E-state index contributed by atoms with van der Waals surface area (Å²) in [6, 6.07) is 2.88. The van der Waals surface area contributed by atoms with Gasteiger partial charge in [0, 0.05) is 36.3 Å². The molecule has 3 aromatic rings. The number of likely N-dealkylation sites (tertiary alicyclic amines) is 1. The molecule has 3 atom stereocenters. The van der Waals surface area contributed by atoms with Gasteiger partial charge in [-0.3, -0.25) is 0 Å². The molecule has 34 heavy (non-hydrogen) atoms. The number of benzene rings is 1. The Kier molecular flexibility index (Phi) is 5.25. The number of piperidine rings is 1. The van der Waals surface area contributed by atoms with E-state index in [0.717, 1.165) is 12.5 Å². The highest BCUT2D eigenvalue weighted by molar-refractivity contribution is 5.92. The Hall–Kier alpha value is -3.57. The molecule has 1 aliphatic heterocycles. The van der Waals surface area contributed by atoms with E-state index < -0.39 is 23.3 Å². The fraction of sp³-hybridized carbons (Fsp3) is 0.455. The largest absolute Gasteiger partial charge is 0.423 e. The average Bonchev–Trinajstić information content (AvgIpc) is 3.28. The number of carbonyl (C=O) groups excluding carboxylic acids is 1. The number of halogens is 3. The second kappa shape index (κ2) is 8.03. The minimum Gasteiger partial charge on any atom is -0.423 e. The SMILES string of the molecule is CCc1nnc([C@]23C[C@@H](C)C[C@H](C2)N3C(=O)Nc2ccc(C(F)(F)F)c(-c3nccnn3)c2)o1. The van der Waals surface area contributed by atoms with E-state index >= 15 is 0 Å². The molecule has 1 saturated heterocycles. The summed E-state index contributed by atoms with van der Waals surface area (Å²) in [6.45, 7) is 4.02. The molecule has 2 fully saturated rings. The number of aromatic nitrogens is 5. The van der Waals surface area contributed by atoms with Crippen LogP contribution in [0.15, 0.2) is 35.0 Å². The van der Waals surface area contributed by atoms with Crippen molar-refractivity contribution in [2.24, 2.45) is 5.92 Å². The normalized spacial score (nSPS) is 24.0. The number of rotatable bonds is 4. The number of hydrogen-bond acceptors (Lipinski definition) is 7. The van der Waals surface area contributed by atoms with Gasteiger partial charge >= 0.3 is 12.2 Å². The molecule has 2 aliphatic rings. The maximum atomic E-state index is 13.6. The number of alkyl halides is 3. The van der Waals surface area contributed by atoms with Crippen LogP contribution in [0.3, 0.4) is 0 Å². The number of urea groups is 1. The van der Waals surface area contributed by atoms with Gasteiger partial charge in [0.25, 0.3) is 0 Å². The smallest absolute Gasteiger partial charge is 0.417 e. The predicted octanol–water partition coefficient (Wildman–Crippen LogP) is 4.43. The van der Waals surface area contributed by atoms with E-state index in [1.165, 1.54) is 24.5 Å². The molecule has 0 unspecified atom stereocenters. The Morgan fingerprint density at radius 3 is 2.74 bits per heavy atom. The summed E-state index contributed by atoms with van der Waals surface area (Å²) in [4.78, 5) is 18.9. The third-order valence-electron chi connectivity index (χ3n) is 6.45. The van der Waals surface area contributed by atoms with Gasteiger partial charge in [-0.05, 0) is 37.0 Å². The summed E-state index contributed by atoms with van der Waals surface area (Å²) in [5, 5.41) is 18.3. The Labute approximate surface area is 192 Å². The molecule has 9 nitrogen and oxygen atoms in total. The van der Waals surface area contributed by atoms with Crippen molar-refractivity contribution in [3.05, 3.63) is 47.9 Å². The minimum atomic E-state index is -4.62.